The molecule has 2 heteroatoms. The van der Waals surface area contributed by atoms with Crippen LogP contribution < -0.4 is 5.73 Å². The van der Waals surface area contributed by atoms with Crippen LogP contribution in [0, 0.1) is 0 Å². The molecule has 0 amide bonds. The summed E-state index contributed by atoms with van der Waals surface area (Å²) in [6, 6.07) is 9.87. The van der Waals surface area contributed by atoms with Crippen molar-refractivity contribution in [1.29, 1.82) is 1.43 Å². The number of aliphatic hydroxyl groups is 1. The van der Waals surface area contributed by atoms with Crippen LogP contribution in [0.5, 0.6) is 0 Å². The van der Waals surface area contributed by atoms with Crippen molar-refractivity contribution in [3.8, 4) is 0 Å². The fraction of sp³-hybridized carbons (Fsp3) is 0.333. The number of hydrogen-bond donors (Lipinski definition) is 2. The minimum absolute atomic E-state index is 0.142. The van der Waals surface area contributed by atoms with Crippen molar-refractivity contribution >= 4 is 0 Å². The Bertz CT molecular complexity index is 215. The van der Waals surface area contributed by atoms with Gasteiger partial charge in [-0.25, -0.2) is 0 Å². The maximum Gasteiger partial charge on any atom is 0.210 e. The molecule has 1 aromatic carbocycles. The maximum atomic E-state index is 6.63. The highest BCUT2D eigenvalue weighted by Crippen LogP contribution is 2.12. The van der Waals surface area contributed by atoms with Crippen molar-refractivity contribution in [2.45, 2.75) is 5.92 Å². The van der Waals surface area contributed by atoms with Gasteiger partial charge in [-0.15, -0.1) is 0 Å². The lowest BCUT2D eigenvalue weighted by Gasteiger charge is -2.10. The van der Waals surface area contributed by atoms with E-state index >= 15 is 0 Å². The molecular formula is C9H13NO. The Morgan fingerprint density at radius 1 is 1.45 bits per heavy atom. The second kappa shape index (κ2) is 4.11. The van der Waals surface area contributed by atoms with E-state index in [0.717, 1.165) is 5.56 Å². The molecule has 3 N–H and O–H groups in total. The normalized spacial score (nSPS) is 14.1. The first-order chi connectivity index (χ1) is 5.88. The van der Waals surface area contributed by atoms with Gasteiger partial charge in [-0.1, -0.05) is 30.3 Å². The average Bonchev–Trinajstić information content (AvgIpc) is 2.15. The summed E-state index contributed by atoms with van der Waals surface area (Å²) in [6.45, 7) is 0.878. The molecule has 60 valence electrons. The van der Waals surface area contributed by atoms with Crippen molar-refractivity contribution in [2.24, 2.45) is 5.73 Å². The van der Waals surface area contributed by atoms with E-state index in [2.05, 4.69) is 5.11 Å². The molecule has 0 aromatic heterocycles. The van der Waals surface area contributed by atoms with Crippen LogP contribution in [0.1, 0.15) is 11.5 Å². The van der Waals surface area contributed by atoms with Crippen LogP contribution in [0.15, 0.2) is 30.3 Å². The van der Waals surface area contributed by atoms with Gasteiger partial charge in [-0.3, -0.25) is 0 Å². The number of nitrogens with two attached hydrogens (primary N) is 1. The second-order valence-corrected chi connectivity index (χ2v) is 2.51. The van der Waals surface area contributed by atoms with Crippen molar-refractivity contribution < 1.29 is 5.11 Å². The summed E-state index contributed by atoms with van der Waals surface area (Å²) in [4.78, 5) is 0. The largest absolute Gasteiger partial charge is 0.396 e. The summed E-state index contributed by atoms with van der Waals surface area (Å²) in [5, 5.41) is 4.32. The third-order valence-electron chi connectivity index (χ3n) is 1.76. The van der Waals surface area contributed by atoms with Crippen LogP contribution in [0.4, 0.5) is 0 Å². The molecular weight excluding hydrogens is 138 g/mol. The number of hydrogen-bond acceptors (Lipinski definition) is 2. The molecule has 0 bridgehead atoms. The smallest absolute Gasteiger partial charge is 0.210 e. The Morgan fingerprint density at radius 3 is 2.73 bits per heavy atom. The van der Waals surface area contributed by atoms with E-state index in [9.17, 15) is 0 Å². The summed E-state index contributed by atoms with van der Waals surface area (Å²) in [5.74, 6) is 0.142. The Kier molecular flexibility index (Phi) is 2.55. The Morgan fingerprint density at radius 2 is 2.18 bits per heavy atom. The molecule has 0 aliphatic rings. The predicted molar refractivity (Wildman–Crippen MR) is 45.3 cm³/mol. The highest BCUT2D eigenvalue weighted by atomic mass is 16.3. The fourth-order valence-electron chi connectivity index (χ4n) is 1.03. The zero-order chi connectivity index (χ0) is 8.81. The molecule has 0 radical (unpaired) electrons. The minimum atomic E-state index is 0.142. The van der Waals surface area contributed by atoms with Gasteiger partial charge in [0.05, 0.1) is 6.61 Å². The Balaban J connectivity index is 2.66. The number of benzene rings is 1. The summed E-state index contributed by atoms with van der Waals surface area (Å²) in [6.07, 6.45) is 0. The van der Waals surface area contributed by atoms with Gasteiger partial charge in [0.25, 0.3) is 0 Å². The third-order valence-corrected chi connectivity index (χ3v) is 1.76. The Hall–Kier alpha value is -0.860. The van der Waals surface area contributed by atoms with Crippen molar-refractivity contribution in [3.63, 3.8) is 0 Å². The lowest BCUT2D eigenvalue weighted by atomic mass is 10.0. The standard InChI is InChI=1S/C9H13NO/c10-6-9(7-11)8-4-2-1-3-5-8/h1-5,9,11H,6-7,10H2/i11T. The van der Waals surface area contributed by atoms with E-state index in [1.165, 1.54) is 0 Å². The summed E-state index contributed by atoms with van der Waals surface area (Å²) >= 11 is 0. The molecule has 0 saturated heterocycles. The van der Waals surface area contributed by atoms with Gasteiger partial charge in [0.15, 0.2) is 0 Å². The maximum absolute atomic E-state index is 6.63. The molecule has 0 spiro atoms. The van der Waals surface area contributed by atoms with Crippen LogP contribution in [0.2, 0.25) is 0 Å². The number of rotatable bonds is 4. The zero-order valence-corrected chi connectivity index (χ0v) is 6.36. The van der Waals surface area contributed by atoms with Crippen LogP contribution in [0.3, 0.4) is 0 Å². The summed E-state index contributed by atoms with van der Waals surface area (Å²) in [5.41, 5.74) is 6.66. The molecule has 2 nitrogen and oxygen atoms in total. The highest BCUT2D eigenvalue weighted by Gasteiger charge is 2.05. The summed E-state index contributed by atoms with van der Waals surface area (Å²) < 4.78 is 6.63. The average molecular weight is 153 g/mol. The number of aliphatic hydroxyl groups excluding tert-OH is 1. The van der Waals surface area contributed by atoms with E-state index < -0.39 is 0 Å². The van der Waals surface area contributed by atoms with Gasteiger partial charge in [0, 0.05) is 12.5 Å². The predicted octanol–water partition coefficient (Wildman–Crippen LogP) is 0.721. The molecule has 0 saturated carbocycles. The van der Waals surface area contributed by atoms with Gasteiger partial charge in [-0.2, -0.15) is 0 Å². The van der Waals surface area contributed by atoms with Gasteiger partial charge in [0.2, 0.25) is 1.43 Å². The molecule has 1 aromatic rings. The van der Waals surface area contributed by atoms with E-state index in [0.29, 0.717) is 13.2 Å². The first-order valence-electron chi connectivity index (χ1n) is 4.12. The van der Waals surface area contributed by atoms with E-state index in [1.807, 2.05) is 30.3 Å². The lowest BCUT2D eigenvalue weighted by molar-refractivity contribution is 0.268. The van der Waals surface area contributed by atoms with Gasteiger partial charge in [-0.05, 0) is 5.56 Å². The first kappa shape index (κ1) is 6.83. The van der Waals surface area contributed by atoms with Crippen LogP contribution in [-0.2, 0) is 0 Å². The quantitative estimate of drug-likeness (QED) is 0.669. The van der Waals surface area contributed by atoms with Gasteiger partial charge in [0.1, 0.15) is 0 Å². The second-order valence-electron chi connectivity index (χ2n) is 2.51. The molecule has 1 atom stereocenters. The molecule has 1 unspecified atom stereocenters. The first-order valence-corrected chi connectivity index (χ1v) is 3.71. The Labute approximate surface area is 68.2 Å². The van der Waals surface area contributed by atoms with Gasteiger partial charge >= 0.3 is 0 Å². The lowest BCUT2D eigenvalue weighted by Crippen LogP contribution is -2.15. The topological polar surface area (TPSA) is 46.2 Å². The van der Waals surface area contributed by atoms with E-state index in [4.69, 9.17) is 7.16 Å². The molecule has 0 aliphatic heterocycles. The highest BCUT2D eigenvalue weighted by molar-refractivity contribution is 5.19. The minimum Gasteiger partial charge on any atom is -0.396 e. The third kappa shape index (κ3) is 2.03. The van der Waals surface area contributed by atoms with Crippen LogP contribution in [-0.4, -0.2) is 19.7 Å². The molecule has 0 fully saturated rings. The van der Waals surface area contributed by atoms with E-state index in [-0.39, 0.29) is 5.92 Å². The SMILES string of the molecule is [3H]OCC(CN)c1ccccc1. The van der Waals surface area contributed by atoms with Crippen molar-refractivity contribution in [3.05, 3.63) is 35.9 Å². The fourth-order valence-corrected chi connectivity index (χ4v) is 1.03. The summed E-state index contributed by atoms with van der Waals surface area (Å²) in [7, 11) is 0. The van der Waals surface area contributed by atoms with E-state index in [1.54, 1.807) is 0 Å². The molecule has 11 heavy (non-hydrogen) atoms. The van der Waals surface area contributed by atoms with Gasteiger partial charge < -0.3 is 10.8 Å². The molecule has 0 aliphatic carbocycles. The van der Waals surface area contributed by atoms with Crippen molar-refractivity contribution in [2.75, 3.05) is 13.2 Å². The zero-order valence-electron chi connectivity index (χ0n) is 7.36. The molecule has 0 heterocycles. The molecule has 1 rings (SSSR count). The van der Waals surface area contributed by atoms with Crippen LogP contribution in [0.25, 0.3) is 0 Å². The monoisotopic (exact) mass is 153 g/mol. The van der Waals surface area contributed by atoms with Crippen LogP contribution >= 0.6 is 0 Å². The van der Waals surface area contributed by atoms with Crippen molar-refractivity contribution in [1.82, 2.24) is 0 Å².